The number of allylic oxidation sites excluding steroid dienone is 1. The van der Waals surface area contributed by atoms with Crippen LogP contribution in [-0.4, -0.2) is 98.1 Å². The number of carboxylic acid groups (broad SMARTS) is 1. The maximum Gasteiger partial charge on any atom is 0.329 e. The molecule has 1 aliphatic rings. The van der Waals surface area contributed by atoms with E-state index in [0.717, 1.165) is 56.9 Å². The van der Waals surface area contributed by atoms with Crippen molar-refractivity contribution in [3.63, 3.8) is 0 Å². The highest BCUT2D eigenvalue weighted by atomic mass is 16.7. The first kappa shape index (κ1) is 33.7. The van der Waals surface area contributed by atoms with Crippen LogP contribution in [0.4, 0.5) is 17.3 Å². The maximum absolute atomic E-state index is 13.3. The van der Waals surface area contributed by atoms with Crippen LogP contribution in [0, 0.1) is 0 Å². The number of hydrogen-bond acceptors (Lipinski definition) is 11. The van der Waals surface area contributed by atoms with Crippen molar-refractivity contribution in [3.8, 4) is 5.82 Å². The summed E-state index contributed by atoms with van der Waals surface area (Å²) >= 11 is 0. The second-order valence-corrected chi connectivity index (χ2v) is 11.8. The molecule has 1 saturated heterocycles. The highest BCUT2D eigenvalue weighted by Crippen LogP contribution is 2.24. The van der Waals surface area contributed by atoms with Crippen LogP contribution < -0.4 is 15.8 Å². The van der Waals surface area contributed by atoms with Crippen LogP contribution in [0.5, 0.6) is 0 Å². The van der Waals surface area contributed by atoms with Gasteiger partial charge in [-0.2, -0.15) is 4.98 Å². The fourth-order valence-corrected chi connectivity index (χ4v) is 5.39. The molecule has 3 N–H and O–H groups in total. The molecule has 1 fully saturated rings. The molecule has 14 nitrogen and oxygen atoms in total. The zero-order chi connectivity index (χ0) is 33.4. The number of piperazine rings is 1. The fraction of sp³-hybridized carbons (Fsp3) is 0.424. The quantitative estimate of drug-likeness (QED) is 0.0929. The molecule has 0 aliphatic carbocycles. The van der Waals surface area contributed by atoms with Crippen molar-refractivity contribution in [1.82, 2.24) is 29.2 Å². The molecule has 1 aromatic carbocycles. The summed E-state index contributed by atoms with van der Waals surface area (Å²) in [6, 6.07) is 13.4. The summed E-state index contributed by atoms with van der Waals surface area (Å²) in [5, 5.41) is 22.7. The van der Waals surface area contributed by atoms with Gasteiger partial charge in [-0.05, 0) is 69.6 Å². The maximum atomic E-state index is 13.3. The Balaban J connectivity index is 1.20. The number of benzene rings is 1. The van der Waals surface area contributed by atoms with Gasteiger partial charge in [-0.15, -0.1) is 6.58 Å². The first-order valence-electron chi connectivity index (χ1n) is 15.7. The van der Waals surface area contributed by atoms with E-state index in [1.165, 1.54) is 10.9 Å². The number of aliphatic carboxylic acids is 1. The average Bonchev–Trinajstić information content (AvgIpc) is 3.33. The number of carboxylic acids is 1. The Labute approximate surface area is 272 Å². The molecular weight excluding hydrogens is 604 g/mol. The zero-order valence-electron chi connectivity index (χ0n) is 26.8. The van der Waals surface area contributed by atoms with Crippen molar-refractivity contribution in [2.45, 2.75) is 38.8 Å². The molecule has 14 heteroatoms. The summed E-state index contributed by atoms with van der Waals surface area (Å²) in [5.41, 5.74) is 1.37. The van der Waals surface area contributed by atoms with E-state index in [9.17, 15) is 14.7 Å². The molecule has 0 spiro atoms. The molecule has 0 radical (unpaired) electrons. The van der Waals surface area contributed by atoms with E-state index in [0.29, 0.717) is 35.1 Å². The number of pyridine rings is 1. The predicted molar refractivity (Wildman–Crippen MR) is 178 cm³/mol. The lowest BCUT2D eigenvalue weighted by Crippen LogP contribution is -2.46. The lowest BCUT2D eigenvalue weighted by atomic mass is 10.1. The normalized spacial score (nSPS) is 14.1. The summed E-state index contributed by atoms with van der Waals surface area (Å²) in [6.45, 7) is 12.4. The lowest BCUT2D eigenvalue weighted by Gasteiger charge is -2.36. The Kier molecular flexibility index (Phi) is 11.0. The van der Waals surface area contributed by atoms with Gasteiger partial charge in [0.15, 0.2) is 11.5 Å². The van der Waals surface area contributed by atoms with Gasteiger partial charge in [-0.25, -0.2) is 24.1 Å². The van der Waals surface area contributed by atoms with E-state index in [4.69, 9.17) is 19.6 Å². The summed E-state index contributed by atoms with van der Waals surface area (Å²) < 4.78 is 13.3. The fourth-order valence-electron chi connectivity index (χ4n) is 5.39. The lowest BCUT2D eigenvalue weighted by molar-refractivity contribution is -0.148. The van der Waals surface area contributed by atoms with Gasteiger partial charge < -0.3 is 29.9 Å². The number of anilines is 3. The highest BCUT2D eigenvalue weighted by molar-refractivity contribution is 5.77. The van der Waals surface area contributed by atoms with Crippen molar-refractivity contribution < 1.29 is 24.5 Å². The topological polar surface area (TPSA) is 160 Å². The van der Waals surface area contributed by atoms with Gasteiger partial charge >= 0.3 is 5.97 Å². The number of rotatable bonds is 16. The molecule has 47 heavy (non-hydrogen) atoms. The smallest absolute Gasteiger partial charge is 0.329 e. The molecule has 250 valence electrons. The van der Waals surface area contributed by atoms with E-state index in [1.807, 2.05) is 12.1 Å². The monoisotopic (exact) mass is 646 g/mol. The van der Waals surface area contributed by atoms with Gasteiger partial charge in [-0.1, -0.05) is 12.1 Å². The SMILES string of the molecule is C=CCn1c(=O)c2cnc(Nc3ccc(N4CCN(CCCCOCOCC(=O)O)CC4)cc3)nc2n1-c1cccc(C(C)(C)O)n1. The number of unbranched alkanes of at least 4 members (excludes halogenated alkanes) is 1. The minimum Gasteiger partial charge on any atom is -0.480 e. The van der Waals surface area contributed by atoms with E-state index >= 15 is 0 Å². The Bertz CT molecular complexity index is 1720. The first-order valence-corrected chi connectivity index (χ1v) is 15.7. The standard InChI is InChI=1S/C33H42N8O6/c1-4-14-40-31(44)26-21-34-32(37-30(26)41(40)28-9-7-8-27(36-28)33(2,3)45)35-24-10-12-25(13-11-24)39-18-16-38(17-19-39)15-5-6-20-46-23-47-22-29(42)43/h4,7-13,21,45H,1,5-6,14-20,22-23H2,2-3H3,(H,42,43)(H,34,35,37). The first-order chi connectivity index (χ1) is 22.6. The van der Waals surface area contributed by atoms with Crippen molar-refractivity contribution in [1.29, 1.82) is 0 Å². The van der Waals surface area contributed by atoms with Crippen LogP contribution in [0.1, 0.15) is 32.4 Å². The van der Waals surface area contributed by atoms with Gasteiger partial charge in [0.2, 0.25) is 5.95 Å². The number of aliphatic hydroxyl groups is 1. The number of hydrogen-bond donors (Lipinski definition) is 3. The highest BCUT2D eigenvalue weighted by Gasteiger charge is 2.22. The van der Waals surface area contributed by atoms with Gasteiger partial charge in [0.1, 0.15) is 24.4 Å². The third-order valence-electron chi connectivity index (χ3n) is 7.82. The third kappa shape index (κ3) is 8.60. The molecule has 3 aromatic heterocycles. The summed E-state index contributed by atoms with van der Waals surface area (Å²) in [4.78, 5) is 42.3. The average molecular weight is 647 g/mol. The molecule has 0 atom stereocenters. The second-order valence-electron chi connectivity index (χ2n) is 11.8. The number of carbonyl (C=O) groups is 1. The van der Waals surface area contributed by atoms with E-state index in [2.05, 4.69) is 43.8 Å². The molecule has 0 bridgehead atoms. The predicted octanol–water partition coefficient (Wildman–Crippen LogP) is 3.11. The second kappa shape index (κ2) is 15.3. The Hall–Kier alpha value is -4.63. The van der Waals surface area contributed by atoms with Crippen LogP contribution in [0.3, 0.4) is 0 Å². The molecule has 5 rings (SSSR count). The molecule has 0 unspecified atom stereocenters. The van der Waals surface area contributed by atoms with E-state index < -0.39 is 11.6 Å². The number of nitrogens with one attached hydrogen (secondary N) is 1. The number of nitrogens with zero attached hydrogens (tertiary/aromatic N) is 7. The van der Waals surface area contributed by atoms with Gasteiger partial charge in [0.05, 0.1) is 12.2 Å². The van der Waals surface area contributed by atoms with Crippen molar-refractivity contribution in [3.05, 3.63) is 77.4 Å². The van der Waals surface area contributed by atoms with Crippen molar-refractivity contribution in [2.75, 3.05) is 62.9 Å². The molecule has 0 saturated carbocycles. The van der Waals surface area contributed by atoms with Gasteiger partial charge in [-0.3, -0.25) is 9.69 Å². The van der Waals surface area contributed by atoms with Gasteiger partial charge in [0.25, 0.3) is 5.56 Å². The molecule has 1 aliphatic heterocycles. The van der Waals surface area contributed by atoms with Crippen LogP contribution in [0.2, 0.25) is 0 Å². The van der Waals surface area contributed by atoms with E-state index in [1.54, 1.807) is 42.8 Å². The van der Waals surface area contributed by atoms with Crippen LogP contribution in [-0.2, 0) is 26.4 Å². The van der Waals surface area contributed by atoms with E-state index in [-0.39, 0.29) is 25.5 Å². The molecular formula is C33H42N8O6. The Morgan fingerprint density at radius 3 is 2.53 bits per heavy atom. The summed E-state index contributed by atoms with van der Waals surface area (Å²) in [5.74, 6) is -0.221. The molecule has 4 aromatic rings. The van der Waals surface area contributed by atoms with Crippen LogP contribution in [0.15, 0.2) is 66.1 Å². The Morgan fingerprint density at radius 1 is 1.06 bits per heavy atom. The van der Waals surface area contributed by atoms with Crippen molar-refractivity contribution >= 4 is 34.3 Å². The minimum absolute atomic E-state index is 0.00555. The minimum atomic E-state index is -1.16. The zero-order valence-corrected chi connectivity index (χ0v) is 26.8. The van der Waals surface area contributed by atoms with Gasteiger partial charge in [0, 0.05) is 50.4 Å². The number of aromatic nitrogens is 5. The summed E-state index contributed by atoms with van der Waals surface area (Å²) in [7, 11) is 0. The number of fused-ring (bicyclic) bond motifs is 1. The summed E-state index contributed by atoms with van der Waals surface area (Å²) in [6.07, 6.45) is 5.05. The molecule has 4 heterocycles. The Morgan fingerprint density at radius 2 is 1.83 bits per heavy atom. The largest absolute Gasteiger partial charge is 0.480 e. The number of ether oxygens (including phenoxy) is 2. The van der Waals surface area contributed by atoms with Crippen molar-refractivity contribution in [2.24, 2.45) is 0 Å². The molecule has 0 amide bonds. The van der Waals surface area contributed by atoms with Crippen LogP contribution in [0.25, 0.3) is 16.9 Å². The third-order valence-corrected chi connectivity index (χ3v) is 7.82. The van der Waals surface area contributed by atoms with Crippen LogP contribution >= 0.6 is 0 Å².